The molecule has 0 aliphatic carbocycles. The van der Waals surface area contributed by atoms with Crippen molar-refractivity contribution >= 4 is 11.7 Å². The van der Waals surface area contributed by atoms with Crippen LogP contribution < -0.4 is 10.6 Å². The van der Waals surface area contributed by atoms with Gasteiger partial charge in [-0.05, 0) is 31.2 Å². The number of alkyl halides is 3. The van der Waals surface area contributed by atoms with Crippen LogP contribution in [0.3, 0.4) is 0 Å². The van der Waals surface area contributed by atoms with Gasteiger partial charge in [0.15, 0.2) is 6.17 Å². The summed E-state index contributed by atoms with van der Waals surface area (Å²) in [5.41, 5.74) is -0.298. The molecule has 2 unspecified atom stereocenters. The zero-order valence-electron chi connectivity index (χ0n) is 13.0. The Morgan fingerprint density at radius 2 is 2.04 bits per heavy atom. The van der Waals surface area contributed by atoms with E-state index in [9.17, 15) is 18.0 Å². The van der Waals surface area contributed by atoms with E-state index in [1.165, 1.54) is 19.2 Å². The molecule has 23 heavy (non-hydrogen) atoms. The molecule has 0 amide bonds. The molecular weight excluding hydrogens is 311 g/mol. The number of ether oxygens (including phenoxy) is 1. The summed E-state index contributed by atoms with van der Waals surface area (Å²) in [7, 11) is 1.29. The molecule has 1 fully saturated rings. The highest BCUT2D eigenvalue weighted by molar-refractivity contribution is 5.78. The van der Waals surface area contributed by atoms with Crippen LogP contribution >= 0.6 is 0 Å². The van der Waals surface area contributed by atoms with E-state index < -0.39 is 23.9 Å². The van der Waals surface area contributed by atoms with E-state index in [2.05, 4.69) is 10.6 Å². The number of esters is 1. The minimum Gasteiger partial charge on any atom is -0.466 e. The fourth-order valence-electron chi connectivity index (χ4n) is 2.52. The summed E-state index contributed by atoms with van der Waals surface area (Å²) in [6.45, 7) is 3.99. The van der Waals surface area contributed by atoms with Crippen LogP contribution in [0.4, 0.5) is 18.9 Å². The molecule has 1 heterocycles. The Morgan fingerprint density at radius 1 is 1.39 bits per heavy atom. The topological polar surface area (TPSA) is 53.6 Å². The number of anilines is 1. The molecular formula is C15H20F3N3O2. The zero-order chi connectivity index (χ0) is 17.0. The Morgan fingerprint density at radius 3 is 2.57 bits per heavy atom. The first-order chi connectivity index (χ1) is 10.8. The van der Waals surface area contributed by atoms with Crippen LogP contribution in [0.1, 0.15) is 12.5 Å². The molecule has 5 nitrogen and oxygen atoms in total. The molecule has 0 saturated carbocycles. The number of hydrogen-bond donors (Lipinski definition) is 2. The summed E-state index contributed by atoms with van der Waals surface area (Å²) in [6, 6.07) is 4.80. The number of rotatable bonds is 4. The van der Waals surface area contributed by atoms with Gasteiger partial charge in [-0.15, -0.1) is 0 Å². The van der Waals surface area contributed by atoms with E-state index in [-0.39, 0.29) is 6.04 Å². The molecule has 0 spiro atoms. The van der Waals surface area contributed by atoms with Crippen molar-refractivity contribution in [3.8, 4) is 0 Å². The fraction of sp³-hybridized carbons (Fsp3) is 0.533. The molecule has 1 aromatic carbocycles. The van der Waals surface area contributed by atoms with Gasteiger partial charge in [0.25, 0.3) is 0 Å². The van der Waals surface area contributed by atoms with Crippen LogP contribution in [0, 0.1) is 0 Å². The summed E-state index contributed by atoms with van der Waals surface area (Å²) in [5, 5.41) is 6.22. The van der Waals surface area contributed by atoms with Crippen molar-refractivity contribution in [1.29, 1.82) is 0 Å². The van der Waals surface area contributed by atoms with Crippen molar-refractivity contribution < 1.29 is 22.7 Å². The minimum atomic E-state index is -4.38. The molecule has 1 aliphatic rings. The smallest absolute Gasteiger partial charge is 0.416 e. The Bertz CT molecular complexity index is 534. The van der Waals surface area contributed by atoms with Gasteiger partial charge in [-0.3, -0.25) is 4.90 Å². The largest absolute Gasteiger partial charge is 0.466 e. The fourth-order valence-corrected chi connectivity index (χ4v) is 2.52. The van der Waals surface area contributed by atoms with Gasteiger partial charge < -0.3 is 15.4 Å². The summed E-state index contributed by atoms with van der Waals surface area (Å²) in [5.74, 6) is -0.473. The number of piperazine rings is 1. The quantitative estimate of drug-likeness (QED) is 0.826. The second kappa shape index (κ2) is 7.18. The number of halogens is 3. The average Bonchev–Trinajstić information content (AvgIpc) is 2.51. The summed E-state index contributed by atoms with van der Waals surface area (Å²) in [4.78, 5) is 13.9. The highest BCUT2D eigenvalue weighted by Gasteiger charge is 2.32. The van der Waals surface area contributed by atoms with Gasteiger partial charge >= 0.3 is 12.1 Å². The van der Waals surface area contributed by atoms with Gasteiger partial charge in [-0.1, -0.05) is 0 Å². The molecule has 0 bridgehead atoms. The lowest BCUT2D eigenvalue weighted by Crippen LogP contribution is -2.57. The van der Waals surface area contributed by atoms with Crippen molar-refractivity contribution in [3.63, 3.8) is 0 Å². The zero-order valence-corrected chi connectivity index (χ0v) is 13.0. The molecule has 128 valence electrons. The number of nitrogens with zero attached hydrogens (tertiary/aromatic N) is 1. The molecule has 1 aromatic rings. The maximum atomic E-state index is 12.6. The molecule has 2 atom stereocenters. The summed E-state index contributed by atoms with van der Waals surface area (Å²) in [6.07, 6.45) is -5.12. The number of nitrogens with one attached hydrogen (secondary N) is 2. The lowest BCUT2D eigenvalue weighted by molar-refractivity contribution is -0.146. The van der Waals surface area contributed by atoms with E-state index in [4.69, 9.17) is 4.74 Å². The summed E-state index contributed by atoms with van der Waals surface area (Å²) < 4.78 is 42.6. The number of benzene rings is 1. The second-order valence-corrected chi connectivity index (χ2v) is 5.50. The highest BCUT2D eigenvalue weighted by Crippen LogP contribution is 2.30. The van der Waals surface area contributed by atoms with E-state index in [0.717, 1.165) is 18.7 Å². The van der Waals surface area contributed by atoms with Gasteiger partial charge in [0.05, 0.1) is 12.7 Å². The van der Waals surface area contributed by atoms with E-state index >= 15 is 0 Å². The first-order valence-corrected chi connectivity index (χ1v) is 7.30. The van der Waals surface area contributed by atoms with E-state index in [1.807, 2.05) is 11.8 Å². The number of carbonyl (C=O) groups excluding carboxylic acids is 1. The third kappa shape index (κ3) is 4.59. The first-order valence-electron chi connectivity index (χ1n) is 7.30. The molecule has 1 aliphatic heterocycles. The normalized spacial score (nSPS) is 20.8. The Balaban J connectivity index is 2.13. The van der Waals surface area contributed by atoms with Crippen LogP contribution in [-0.2, 0) is 15.7 Å². The van der Waals surface area contributed by atoms with Crippen LogP contribution in [0.5, 0.6) is 0 Å². The number of hydrogen-bond acceptors (Lipinski definition) is 5. The van der Waals surface area contributed by atoms with Crippen molar-refractivity contribution in [2.24, 2.45) is 0 Å². The minimum absolute atomic E-state index is 0.213. The van der Waals surface area contributed by atoms with Crippen LogP contribution in [0.25, 0.3) is 0 Å². The van der Waals surface area contributed by atoms with Gasteiger partial charge in [-0.25, -0.2) is 4.79 Å². The van der Waals surface area contributed by atoms with E-state index in [0.29, 0.717) is 18.8 Å². The lowest BCUT2D eigenvalue weighted by Gasteiger charge is -2.36. The predicted octanol–water partition coefficient (Wildman–Crippen LogP) is 1.91. The molecule has 2 rings (SSSR count). The van der Waals surface area contributed by atoms with Crippen molar-refractivity contribution in [1.82, 2.24) is 10.2 Å². The lowest BCUT2D eigenvalue weighted by atomic mass is 10.2. The summed E-state index contributed by atoms with van der Waals surface area (Å²) >= 11 is 0. The maximum absolute atomic E-state index is 12.6. The number of carbonyl (C=O) groups is 1. The van der Waals surface area contributed by atoms with Crippen LogP contribution in [0.2, 0.25) is 0 Å². The van der Waals surface area contributed by atoms with Crippen molar-refractivity contribution in [3.05, 3.63) is 29.8 Å². The van der Waals surface area contributed by atoms with Gasteiger partial charge in [-0.2, -0.15) is 13.2 Å². The standard InChI is InChI=1S/C15H20F3N3O2/c1-10-9-21(8-7-19-10)13(14(22)23-2)20-12-5-3-11(4-6-12)15(16,17)18/h3-6,10,13,19-20H,7-9H2,1-2H3. The Labute approximate surface area is 132 Å². The molecule has 1 saturated heterocycles. The average molecular weight is 331 g/mol. The number of methoxy groups -OCH3 is 1. The SMILES string of the molecule is COC(=O)C(Nc1ccc(C(F)(F)F)cc1)N1CCNC(C)C1. The monoisotopic (exact) mass is 331 g/mol. The predicted molar refractivity (Wildman–Crippen MR) is 79.9 cm³/mol. The van der Waals surface area contributed by atoms with E-state index in [1.54, 1.807) is 0 Å². The third-order valence-corrected chi connectivity index (χ3v) is 3.71. The maximum Gasteiger partial charge on any atom is 0.416 e. The molecule has 2 N–H and O–H groups in total. The van der Waals surface area contributed by atoms with Crippen LogP contribution in [-0.4, -0.2) is 49.8 Å². The van der Waals surface area contributed by atoms with Crippen molar-refractivity contribution in [2.45, 2.75) is 25.3 Å². The van der Waals surface area contributed by atoms with Crippen LogP contribution in [0.15, 0.2) is 24.3 Å². The van der Waals surface area contributed by atoms with Crippen molar-refractivity contribution in [2.75, 3.05) is 32.1 Å². The molecule has 0 radical (unpaired) electrons. The second-order valence-electron chi connectivity index (χ2n) is 5.50. The Kier molecular flexibility index (Phi) is 5.48. The van der Waals surface area contributed by atoms with Gasteiger partial charge in [0.2, 0.25) is 0 Å². The molecule has 8 heteroatoms. The molecule has 0 aromatic heterocycles. The Hall–Kier alpha value is -1.80. The first kappa shape index (κ1) is 17.6. The van der Waals surface area contributed by atoms with Gasteiger partial charge in [0, 0.05) is 31.4 Å². The van der Waals surface area contributed by atoms with Gasteiger partial charge in [0.1, 0.15) is 0 Å². The highest BCUT2D eigenvalue weighted by atomic mass is 19.4. The third-order valence-electron chi connectivity index (χ3n) is 3.71.